The quantitative estimate of drug-likeness (QED) is 0.915. The molecule has 1 saturated carbocycles. The van der Waals surface area contributed by atoms with Gasteiger partial charge in [-0.15, -0.1) is 0 Å². The Morgan fingerprint density at radius 3 is 2.40 bits per heavy atom. The van der Waals surface area contributed by atoms with Gasteiger partial charge in [0.1, 0.15) is 5.75 Å². The molecule has 20 heavy (non-hydrogen) atoms. The first kappa shape index (κ1) is 13.0. The number of benzene rings is 2. The van der Waals surface area contributed by atoms with Crippen LogP contribution >= 0.6 is 11.6 Å². The van der Waals surface area contributed by atoms with Gasteiger partial charge in [-0.25, -0.2) is 4.79 Å². The van der Waals surface area contributed by atoms with Crippen molar-refractivity contribution in [3.63, 3.8) is 0 Å². The Bertz CT molecular complexity index is 645. The molecule has 0 atom stereocenters. The lowest BCUT2D eigenvalue weighted by atomic mass is 10.0. The predicted molar refractivity (Wildman–Crippen MR) is 77.5 cm³/mol. The van der Waals surface area contributed by atoms with Crippen LogP contribution in [0.5, 0.6) is 5.75 Å². The lowest BCUT2D eigenvalue weighted by Crippen LogP contribution is -1.97. The molecule has 0 aliphatic heterocycles. The fraction of sp³-hybridized carbons (Fsp3) is 0.188. The molecule has 0 spiro atoms. The molecule has 0 amide bonds. The maximum absolute atomic E-state index is 11.0. The molecule has 102 valence electrons. The van der Waals surface area contributed by atoms with E-state index in [9.17, 15) is 4.79 Å². The molecule has 3 nitrogen and oxygen atoms in total. The third-order valence-electron chi connectivity index (χ3n) is 3.16. The number of carbonyl (C=O) groups is 1. The Kier molecular flexibility index (Phi) is 3.36. The van der Waals surface area contributed by atoms with Crippen LogP contribution in [-0.4, -0.2) is 17.2 Å². The number of ether oxygens (including phenoxy) is 1. The summed E-state index contributed by atoms with van der Waals surface area (Å²) >= 11 is 5.96. The molecule has 1 N–H and O–H groups in total. The third kappa shape index (κ3) is 2.94. The zero-order valence-electron chi connectivity index (χ0n) is 10.7. The van der Waals surface area contributed by atoms with Crippen LogP contribution < -0.4 is 4.74 Å². The van der Waals surface area contributed by atoms with Crippen molar-refractivity contribution in [2.24, 2.45) is 0 Å². The molecule has 2 aromatic carbocycles. The summed E-state index contributed by atoms with van der Waals surface area (Å²) in [5.41, 5.74) is 1.89. The molecule has 1 aliphatic rings. The first-order chi connectivity index (χ1) is 9.61. The van der Waals surface area contributed by atoms with E-state index < -0.39 is 5.97 Å². The molecule has 2 aromatic rings. The van der Waals surface area contributed by atoms with Gasteiger partial charge < -0.3 is 9.84 Å². The van der Waals surface area contributed by atoms with Gasteiger partial charge in [-0.05, 0) is 54.3 Å². The Labute approximate surface area is 121 Å². The molecule has 0 heterocycles. The number of rotatable bonds is 4. The molecular formula is C16H13ClO3. The van der Waals surface area contributed by atoms with Gasteiger partial charge in [-0.2, -0.15) is 0 Å². The summed E-state index contributed by atoms with van der Waals surface area (Å²) in [6, 6.07) is 12.4. The van der Waals surface area contributed by atoms with Crippen molar-refractivity contribution in [3.8, 4) is 16.9 Å². The average molecular weight is 289 g/mol. The minimum atomic E-state index is -0.984. The molecule has 1 aliphatic carbocycles. The van der Waals surface area contributed by atoms with Crippen LogP contribution in [0.15, 0.2) is 42.5 Å². The molecule has 0 radical (unpaired) electrons. The van der Waals surface area contributed by atoms with E-state index >= 15 is 0 Å². The van der Waals surface area contributed by atoms with Crippen molar-refractivity contribution >= 4 is 17.6 Å². The second-order valence-electron chi connectivity index (χ2n) is 4.88. The van der Waals surface area contributed by atoms with Crippen molar-refractivity contribution in [3.05, 3.63) is 53.1 Å². The van der Waals surface area contributed by atoms with Gasteiger partial charge >= 0.3 is 5.97 Å². The van der Waals surface area contributed by atoms with E-state index in [2.05, 4.69) is 0 Å². The largest absolute Gasteiger partial charge is 0.490 e. The van der Waals surface area contributed by atoms with Crippen LogP contribution in [0.25, 0.3) is 11.1 Å². The van der Waals surface area contributed by atoms with Crippen LogP contribution in [0.2, 0.25) is 5.02 Å². The smallest absolute Gasteiger partial charge is 0.335 e. The molecule has 3 rings (SSSR count). The van der Waals surface area contributed by atoms with E-state index in [1.165, 1.54) is 6.07 Å². The third-order valence-corrected chi connectivity index (χ3v) is 3.38. The monoisotopic (exact) mass is 288 g/mol. The summed E-state index contributed by atoms with van der Waals surface area (Å²) in [6.45, 7) is 0. The molecule has 0 aromatic heterocycles. The lowest BCUT2D eigenvalue weighted by molar-refractivity contribution is 0.0697. The van der Waals surface area contributed by atoms with Crippen molar-refractivity contribution in [1.82, 2.24) is 0 Å². The minimum absolute atomic E-state index is 0.186. The highest BCUT2D eigenvalue weighted by Gasteiger charge is 2.23. The summed E-state index contributed by atoms with van der Waals surface area (Å²) in [4.78, 5) is 11.0. The molecule has 0 bridgehead atoms. The Hall–Kier alpha value is -2.00. The Morgan fingerprint density at radius 2 is 1.80 bits per heavy atom. The maximum Gasteiger partial charge on any atom is 0.335 e. The summed E-state index contributed by atoms with van der Waals surface area (Å²) in [5.74, 6) is -0.140. The molecule has 4 heteroatoms. The SMILES string of the molecule is O=C(O)c1cc(Cl)cc(-c2ccc(OC3CC3)cc2)c1. The first-order valence-electron chi connectivity index (χ1n) is 6.43. The van der Waals surface area contributed by atoms with E-state index in [1.807, 2.05) is 24.3 Å². The summed E-state index contributed by atoms with van der Waals surface area (Å²) in [6.07, 6.45) is 2.61. The van der Waals surface area contributed by atoms with E-state index in [-0.39, 0.29) is 5.56 Å². The van der Waals surface area contributed by atoms with E-state index in [1.54, 1.807) is 12.1 Å². The number of hydrogen-bond acceptors (Lipinski definition) is 2. The van der Waals surface area contributed by atoms with Crippen molar-refractivity contribution in [2.75, 3.05) is 0 Å². The fourth-order valence-corrected chi connectivity index (χ4v) is 2.22. The molecule has 1 fully saturated rings. The van der Waals surface area contributed by atoms with Crippen LogP contribution in [0.4, 0.5) is 0 Å². The van der Waals surface area contributed by atoms with Crippen molar-refractivity contribution in [2.45, 2.75) is 18.9 Å². The summed E-state index contributed by atoms with van der Waals surface area (Å²) < 4.78 is 5.68. The van der Waals surface area contributed by atoms with Crippen molar-refractivity contribution in [1.29, 1.82) is 0 Å². The lowest BCUT2D eigenvalue weighted by Gasteiger charge is -2.07. The standard InChI is InChI=1S/C16H13ClO3/c17-13-8-11(7-12(9-13)16(18)19)10-1-3-14(4-2-10)20-15-5-6-15/h1-4,7-9,15H,5-6H2,(H,18,19). The summed E-state index contributed by atoms with van der Waals surface area (Å²) in [5, 5.41) is 9.47. The first-order valence-corrected chi connectivity index (χ1v) is 6.80. The Balaban J connectivity index is 1.89. The van der Waals surface area contributed by atoms with Crippen LogP contribution in [-0.2, 0) is 0 Å². The fourth-order valence-electron chi connectivity index (χ4n) is 1.98. The van der Waals surface area contributed by atoms with E-state index in [0.717, 1.165) is 29.7 Å². The number of hydrogen-bond donors (Lipinski definition) is 1. The van der Waals surface area contributed by atoms with Crippen LogP contribution in [0.1, 0.15) is 23.2 Å². The zero-order chi connectivity index (χ0) is 14.1. The van der Waals surface area contributed by atoms with Gasteiger partial charge in [0.15, 0.2) is 0 Å². The minimum Gasteiger partial charge on any atom is -0.490 e. The highest BCUT2D eigenvalue weighted by molar-refractivity contribution is 6.31. The number of aromatic carboxylic acids is 1. The van der Waals surface area contributed by atoms with Crippen LogP contribution in [0.3, 0.4) is 0 Å². The van der Waals surface area contributed by atoms with Crippen molar-refractivity contribution < 1.29 is 14.6 Å². The highest BCUT2D eigenvalue weighted by Crippen LogP contribution is 2.30. The van der Waals surface area contributed by atoms with Gasteiger partial charge in [0.25, 0.3) is 0 Å². The molecule has 0 saturated heterocycles. The van der Waals surface area contributed by atoms with Gasteiger partial charge in [-0.3, -0.25) is 0 Å². The number of carboxylic acid groups (broad SMARTS) is 1. The second kappa shape index (κ2) is 5.17. The van der Waals surface area contributed by atoms with Gasteiger partial charge in [0.2, 0.25) is 0 Å². The van der Waals surface area contributed by atoms with Gasteiger partial charge in [0.05, 0.1) is 11.7 Å². The highest BCUT2D eigenvalue weighted by atomic mass is 35.5. The summed E-state index contributed by atoms with van der Waals surface area (Å²) in [7, 11) is 0. The number of halogens is 1. The second-order valence-corrected chi connectivity index (χ2v) is 5.31. The molecular weight excluding hydrogens is 276 g/mol. The Morgan fingerprint density at radius 1 is 1.10 bits per heavy atom. The predicted octanol–water partition coefficient (Wildman–Crippen LogP) is 4.25. The van der Waals surface area contributed by atoms with E-state index in [4.69, 9.17) is 21.4 Å². The number of carboxylic acids is 1. The maximum atomic E-state index is 11.0. The zero-order valence-corrected chi connectivity index (χ0v) is 11.4. The average Bonchev–Trinajstić information content (AvgIpc) is 3.23. The van der Waals surface area contributed by atoms with E-state index in [0.29, 0.717) is 11.1 Å². The van der Waals surface area contributed by atoms with Crippen LogP contribution in [0, 0.1) is 0 Å². The topological polar surface area (TPSA) is 46.5 Å². The van der Waals surface area contributed by atoms with Gasteiger partial charge in [-0.1, -0.05) is 23.7 Å². The molecule has 0 unspecified atom stereocenters. The van der Waals surface area contributed by atoms with Gasteiger partial charge in [0, 0.05) is 5.02 Å². The normalized spacial score (nSPS) is 14.1.